The maximum atomic E-state index is 7.63. The van der Waals surface area contributed by atoms with Gasteiger partial charge in [0, 0.05) is 12.6 Å². The fourth-order valence-electron chi connectivity index (χ4n) is 1.83. The Morgan fingerprint density at radius 2 is 2.22 bits per heavy atom. The number of unbranched alkanes of at least 4 members (excludes halogenated alkanes) is 1. The Labute approximate surface area is 109 Å². The van der Waals surface area contributed by atoms with Crippen LogP contribution < -0.4 is 10.6 Å². The van der Waals surface area contributed by atoms with Gasteiger partial charge in [0.25, 0.3) is 0 Å². The molecule has 0 spiro atoms. The third-order valence-electron chi connectivity index (χ3n) is 3.14. The van der Waals surface area contributed by atoms with Crippen molar-refractivity contribution in [2.24, 2.45) is 5.73 Å². The number of hydrogen-bond donors (Lipinski definition) is 2. The van der Waals surface area contributed by atoms with Gasteiger partial charge in [0.2, 0.25) is 0 Å². The van der Waals surface area contributed by atoms with E-state index < -0.39 is 0 Å². The smallest absolute Gasteiger partial charge is 0.162 e. The minimum Gasteiger partial charge on any atom is -0.384 e. The third kappa shape index (κ3) is 3.42. The molecule has 5 nitrogen and oxygen atoms in total. The van der Waals surface area contributed by atoms with Crippen LogP contribution in [0.25, 0.3) is 0 Å². The van der Waals surface area contributed by atoms with Gasteiger partial charge in [0.1, 0.15) is 5.84 Å². The summed E-state index contributed by atoms with van der Waals surface area (Å²) in [5.41, 5.74) is 6.28. The fraction of sp³-hybridized carbons (Fsp3) is 0.615. The van der Waals surface area contributed by atoms with Crippen molar-refractivity contribution < 1.29 is 0 Å². The highest BCUT2D eigenvalue weighted by Crippen LogP contribution is 2.20. The van der Waals surface area contributed by atoms with E-state index >= 15 is 0 Å². The van der Waals surface area contributed by atoms with E-state index in [1.807, 2.05) is 0 Å². The zero-order valence-electron chi connectivity index (χ0n) is 11.5. The summed E-state index contributed by atoms with van der Waals surface area (Å²) in [4.78, 5) is 2.20. The largest absolute Gasteiger partial charge is 0.384 e. The lowest BCUT2D eigenvalue weighted by atomic mass is 10.1. The predicted molar refractivity (Wildman–Crippen MR) is 75.1 cm³/mol. The number of nitrogens with two attached hydrogens (primary N) is 1. The molecule has 0 fully saturated rings. The van der Waals surface area contributed by atoms with Crippen LogP contribution in [0.15, 0.2) is 12.3 Å². The highest BCUT2D eigenvalue weighted by molar-refractivity contribution is 5.99. The van der Waals surface area contributed by atoms with Crippen molar-refractivity contribution in [3.8, 4) is 0 Å². The zero-order chi connectivity index (χ0) is 13.5. The SMILES string of the molecule is CCCCN(c1nnccc1C(=N)N)C(C)CC. The van der Waals surface area contributed by atoms with Gasteiger partial charge in [-0.1, -0.05) is 20.3 Å². The Bertz CT molecular complexity index is 391. The van der Waals surface area contributed by atoms with Gasteiger partial charge in [-0.2, -0.15) is 5.10 Å². The second-order valence-electron chi connectivity index (χ2n) is 4.49. The molecular formula is C13H23N5. The molecule has 0 amide bonds. The van der Waals surface area contributed by atoms with E-state index in [1.54, 1.807) is 12.3 Å². The molecule has 1 aromatic heterocycles. The van der Waals surface area contributed by atoms with E-state index in [4.69, 9.17) is 11.1 Å². The van der Waals surface area contributed by atoms with Crippen LogP contribution in [-0.2, 0) is 0 Å². The maximum absolute atomic E-state index is 7.63. The number of hydrogen-bond acceptors (Lipinski definition) is 4. The topological polar surface area (TPSA) is 78.9 Å². The molecule has 100 valence electrons. The van der Waals surface area contributed by atoms with E-state index in [1.165, 1.54) is 0 Å². The second kappa shape index (κ2) is 6.93. The van der Waals surface area contributed by atoms with Crippen LogP contribution in [0, 0.1) is 5.41 Å². The molecule has 5 heteroatoms. The number of rotatable bonds is 7. The first-order chi connectivity index (χ1) is 8.61. The Kier molecular flexibility index (Phi) is 5.55. The van der Waals surface area contributed by atoms with Crippen LogP contribution in [0.5, 0.6) is 0 Å². The number of anilines is 1. The number of amidine groups is 1. The number of nitrogens with one attached hydrogen (secondary N) is 1. The molecule has 1 rings (SSSR count). The molecule has 1 aromatic rings. The Balaban J connectivity index is 3.07. The monoisotopic (exact) mass is 249 g/mol. The number of aromatic nitrogens is 2. The van der Waals surface area contributed by atoms with Gasteiger partial charge in [-0.15, -0.1) is 5.10 Å². The Morgan fingerprint density at radius 1 is 1.50 bits per heavy atom. The van der Waals surface area contributed by atoms with E-state index in [0.29, 0.717) is 11.6 Å². The Hall–Kier alpha value is -1.65. The quantitative estimate of drug-likeness (QED) is 0.573. The van der Waals surface area contributed by atoms with E-state index in [-0.39, 0.29) is 5.84 Å². The molecule has 0 bridgehead atoms. The van der Waals surface area contributed by atoms with Crippen molar-refractivity contribution in [2.75, 3.05) is 11.4 Å². The average molecular weight is 249 g/mol. The lowest BCUT2D eigenvalue weighted by Gasteiger charge is -2.30. The number of nitrogen functional groups attached to an aromatic ring is 1. The molecule has 1 atom stereocenters. The lowest BCUT2D eigenvalue weighted by molar-refractivity contribution is 0.586. The van der Waals surface area contributed by atoms with Crippen molar-refractivity contribution in [1.29, 1.82) is 5.41 Å². The molecule has 0 radical (unpaired) electrons. The molecule has 0 aliphatic carbocycles. The molecule has 3 N–H and O–H groups in total. The second-order valence-corrected chi connectivity index (χ2v) is 4.49. The van der Waals surface area contributed by atoms with Gasteiger partial charge in [-0.3, -0.25) is 5.41 Å². The van der Waals surface area contributed by atoms with E-state index in [0.717, 1.165) is 31.6 Å². The summed E-state index contributed by atoms with van der Waals surface area (Å²) in [6.45, 7) is 7.39. The van der Waals surface area contributed by atoms with Crippen molar-refractivity contribution in [3.63, 3.8) is 0 Å². The van der Waals surface area contributed by atoms with Crippen LogP contribution in [-0.4, -0.2) is 28.6 Å². The molecule has 18 heavy (non-hydrogen) atoms. The minimum atomic E-state index is 0.0460. The van der Waals surface area contributed by atoms with Crippen LogP contribution >= 0.6 is 0 Å². The normalized spacial score (nSPS) is 12.2. The van der Waals surface area contributed by atoms with E-state index in [9.17, 15) is 0 Å². The first-order valence-electron chi connectivity index (χ1n) is 6.54. The predicted octanol–water partition coefficient (Wildman–Crippen LogP) is 2.17. The standard InChI is InChI=1S/C13H23N5/c1-4-6-9-18(10(3)5-2)13-11(12(14)15)7-8-16-17-13/h7-8,10H,4-6,9H2,1-3H3,(H3,14,15). The summed E-state index contributed by atoms with van der Waals surface area (Å²) < 4.78 is 0. The molecule has 0 aliphatic heterocycles. The van der Waals surface area contributed by atoms with Gasteiger partial charge in [0.15, 0.2) is 5.82 Å². The van der Waals surface area contributed by atoms with Gasteiger partial charge in [-0.05, 0) is 25.8 Å². The van der Waals surface area contributed by atoms with Gasteiger partial charge < -0.3 is 10.6 Å². The Morgan fingerprint density at radius 3 is 2.78 bits per heavy atom. The molecule has 0 saturated heterocycles. The van der Waals surface area contributed by atoms with Crippen molar-refractivity contribution in [3.05, 3.63) is 17.8 Å². The summed E-state index contributed by atoms with van der Waals surface area (Å²) in [7, 11) is 0. The van der Waals surface area contributed by atoms with Crippen LogP contribution in [0.2, 0.25) is 0 Å². The van der Waals surface area contributed by atoms with Gasteiger partial charge in [0.05, 0.1) is 11.8 Å². The van der Waals surface area contributed by atoms with Crippen LogP contribution in [0.4, 0.5) is 5.82 Å². The summed E-state index contributed by atoms with van der Waals surface area (Å²) in [6, 6.07) is 2.12. The molecular weight excluding hydrogens is 226 g/mol. The maximum Gasteiger partial charge on any atom is 0.162 e. The van der Waals surface area contributed by atoms with Gasteiger partial charge in [-0.25, -0.2) is 0 Å². The van der Waals surface area contributed by atoms with Crippen LogP contribution in [0.1, 0.15) is 45.6 Å². The molecule has 1 unspecified atom stereocenters. The lowest BCUT2D eigenvalue weighted by Crippen LogP contribution is -2.36. The van der Waals surface area contributed by atoms with Crippen molar-refractivity contribution >= 4 is 11.7 Å². The first kappa shape index (κ1) is 14.4. The zero-order valence-corrected chi connectivity index (χ0v) is 11.5. The average Bonchev–Trinajstić information content (AvgIpc) is 2.39. The summed E-state index contributed by atoms with van der Waals surface area (Å²) in [5, 5.41) is 15.7. The highest BCUT2D eigenvalue weighted by Gasteiger charge is 2.18. The van der Waals surface area contributed by atoms with Crippen molar-refractivity contribution in [2.45, 2.75) is 46.1 Å². The fourth-order valence-corrected chi connectivity index (χ4v) is 1.83. The van der Waals surface area contributed by atoms with Crippen LogP contribution in [0.3, 0.4) is 0 Å². The van der Waals surface area contributed by atoms with Crippen molar-refractivity contribution in [1.82, 2.24) is 10.2 Å². The molecule has 0 aromatic carbocycles. The number of nitrogens with zero attached hydrogens (tertiary/aromatic N) is 3. The molecule has 1 heterocycles. The van der Waals surface area contributed by atoms with Gasteiger partial charge >= 0.3 is 0 Å². The molecule has 0 saturated carbocycles. The summed E-state index contributed by atoms with van der Waals surface area (Å²) in [5.74, 6) is 0.775. The molecule has 0 aliphatic rings. The summed E-state index contributed by atoms with van der Waals surface area (Å²) in [6.07, 6.45) is 4.83. The highest BCUT2D eigenvalue weighted by atomic mass is 15.3. The minimum absolute atomic E-state index is 0.0460. The summed E-state index contributed by atoms with van der Waals surface area (Å²) >= 11 is 0. The third-order valence-corrected chi connectivity index (χ3v) is 3.14. The van der Waals surface area contributed by atoms with E-state index in [2.05, 4.69) is 35.9 Å². The first-order valence-corrected chi connectivity index (χ1v) is 6.54.